The first-order valence-corrected chi connectivity index (χ1v) is 5.94. The van der Waals surface area contributed by atoms with Gasteiger partial charge in [0.05, 0.1) is 17.6 Å². The molecule has 0 fully saturated rings. The number of rotatable bonds is 5. The van der Waals surface area contributed by atoms with Gasteiger partial charge in [0, 0.05) is 38.1 Å². The number of nitrogens with one attached hydrogen (secondary N) is 1. The van der Waals surface area contributed by atoms with Gasteiger partial charge in [0.1, 0.15) is 0 Å². The average Bonchev–Trinajstić information content (AvgIpc) is 2.83. The number of hydrogen-bond acceptors (Lipinski definition) is 3. The lowest BCUT2D eigenvalue weighted by molar-refractivity contribution is 0.603. The van der Waals surface area contributed by atoms with E-state index in [-0.39, 0.29) is 0 Å². The first kappa shape index (κ1) is 11.7. The van der Waals surface area contributed by atoms with E-state index in [9.17, 15) is 0 Å². The molecule has 0 spiro atoms. The average molecular weight is 233 g/mol. The first-order valence-electron chi connectivity index (χ1n) is 5.94. The van der Waals surface area contributed by atoms with Crippen molar-refractivity contribution >= 4 is 5.69 Å². The first-order chi connectivity index (χ1) is 8.19. The number of anilines is 1. The number of aromatic nitrogens is 4. The second-order valence-electron chi connectivity index (χ2n) is 4.26. The van der Waals surface area contributed by atoms with Gasteiger partial charge in [-0.2, -0.15) is 10.2 Å². The number of aryl methyl sites for hydroxylation is 3. The molecule has 0 saturated heterocycles. The fourth-order valence-corrected chi connectivity index (χ4v) is 1.83. The van der Waals surface area contributed by atoms with Gasteiger partial charge in [-0.3, -0.25) is 9.36 Å². The minimum atomic E-state index is 0.789. The maximum atomic E-state index is 4.31. The lowest BCUT2D eigenvalue weighted by Gasteiger charge is -2.01. The Morgan fingerprint density at radius 1 is 1.35 bits per heavy atom. The van der Waals surface area contributed by atoms with Crippen LogP contribution in [0, 0.1) is 6.92 Å². The standard InChI is InChI=1S/C12H19N5/c1-4-5-17-9-12(7-14-17)13-6-11-8-16(3)15-10(11)2/h7-9,13H,4-6H2,1-3H3. The molecule has 2 aromatic heterocycles. The second kappa shape index (κ2) is 5.03. The van der Waals surface area contributed by atoms with Crippen LogP contribution in [0.2, 0.25) is 0 Å². The van der Waals surface area contributed by atoms with Gasteiger partial charge < -0.3 is 5.32 Å². The normalized spacial score (nSPS) is 10.8. The Kier molecular flexibility index (Phi) is 3.46. The largest absolute Gasteiger partial charge is 0.378 e. The van der Waals surface area contributed by atoms with E-state index in [2.05, 4.69) is 22.4 Å². The molecule has 17 heavy (non-hydrogen) atoms. The van der Waals surface area contributed by atoms with Crippen molar-refractivity contribution in [3.05, 3.63) is 29.8 Å². The molecule has 2 aromatic rings. The summed E-state index contributed by atoms with van der Waals surface area (Å²) < 4.78 is 3.80. The van der Waals surface area contributed by atoms with Crippen LogP contribution >= 0.6 is 0 Å². The van der Waals surface area contributed by atoms with E-state index in [0.29, 0.717) is 0 Å². The highest BCUT2D eigenvalue weighted by Gasteiger charge is 2.03. The Labute approximate surface area is 101 Å². The van der Waals surface area contributed by atoms with Crippen molar-refractivity contribution < 1.29 is 0 Å². The van der Waals surface area contributed by atoms with E-state index in [1.807, 2.05) is 41.9 Å². The highest BCUT2D eigenvalue weighted by Crippen LogP contribution is 2.10. The van der Waals surface area contributed by atoms with E-state index < -0.39 is 0 Å². The van der Waals surface area contributed by atoms with Crippen molar-refractivity contribution in [1.82, 2.24) is 19.6 Å². The van der Waals surface area contributed by atoms with Crippen molar-refractivity contribution in [3.63, 3.8) is 0 Å². The van der Waals surface area contributed by atoms with Crippen LogP contribution < -0.4 is 5.32 Å². The van der Waals surface area contributed by atoms with Crippen LogP contribution in [-0.2, 0) is 20.1 Å². The van der Waals surface area contributed by atoms with Gasteiger partial charge in [-0.05, 0) is 13.3 Å². The summed E-state index contributed by atoms with van der Waals surface area (Å²) >= 11 is 0. The lowest BCUT2D eigenvalue weighted by Crippen LogP contribution is -1.99. The Morgan fingerprint density at radius 3 is 2.82 bits per heavy atom. The molecule has 5 nitrogen and oxygen atoms in total. The molecule has 0 aliphatic carbocycles. The van der Waals surface area contributed by atoms with E-state index in [1.165, 1.54) is 5.56 Å². The molecule has 2 heterocycles. The molecule has 0 aliphatic heterocycles. The maximum absolute atomic E-state index is 4.31. The van der Waals surface area contributed by atoms with Gasteiger partial charge in [-0.1, -0.05) is 6.92 Å². The quantitative estimate of drug-likeness (QED) is 0.858. The summed E-state index contributed by atoms with van der Waals surface area (Å²) in [4.78, 5) is 0. The molecule has 0 unspecified atom stereocenters. The Morgan fingerprint density at radius 2 is 2.18 bits per heavy atom. The molecule has 0 saturated carbocycles. The predicted molar refractivity (Wildman–Crippen MR) is 67.8 cm³/mol. The zero-order chi connectivity index (χ0) is 12.3. The van der Waals surface area contributed by atoms with E-state index in [4.69, 9.17) is 0 Å². The predicted octanol–water partition coefficient (Wildman–Crippen LogP) is 1.95. The zero-order valence-corrected chi connectivity index (χ0v) is 10.6. The van der Waals surface area contributed by atoms with Crippen LogP contribution in [0.15, 0.2) is 18.6 Å². The number of nitrogens with zero attached hydrogens (tertiary/aromatic N) is 4. The van der Waals surface area contributed by atoms with Crippen LogP contribution in [0.5, 0.6) is 0 Å². The molecule has 0 aliphatic rings. The van der Waals surface area contributed by atoms with Crippen LogP contribution in [0.3, 0.4) is 0 Å². The van der Waals surface area contributed by atoms with Gasteiger partial charge in [-0.15, -0.1) is 0 Å². The van der Waals surface area contributed by atoms with Gasteiger partial charge in [0.25, 0.3) is 0 Å². The summed E-state index contributed by atoms with van der Waals surface area (Å²) in [7, 11) is 1.94. The second-order valence-corrected chi connectivity index (χ2v) is 4.26. The van der Waals surface area contributed by atoms with E-state index in [0.717, 1.165) is 30.9 Å². The summed E-state index contributed by atoms with van der Waals surface area (Å²) in [5.74, 6) is 0. The molecule has 0 bridgehead atoms. The van der Waals surface area contributed by atoms with Gasteiger partial charge in [0.2, 0.25) is 0 Å². The van der Waals surface area contributed by atoms with Crippen LogP contribution in [0.4, 0.5) is 5.69 Å². The Balaban J connectivity index is 1.95. The Hall–Kier alpha value is -1.78. The molecule has 2 rings (SSSR count). The van der Waals surface area contributed by atoms with Gasteiger partial charge in [-0.25, -0.2) is 0 Å². The highest BCUT2D eigenvalue weighted by molar-refractivity contribution is 5.39. The van der Waals surface area contributed by atoms with Gasteiger partial charge >= 0.3 is 0 Å². The fourth-order valence-electron chi connectivity index (χ4n) is 1.83. The smallest absolute Gasteiger partial charge is 0.0729 e. The minimum Gasteiger partial charge on any atom is -0.378 e. The molecule has 1 N–H and O–H groups in total. The summed E-state index contributed by atoms with van der Waals surface area (Å²) in [6.07, 6.45) is 7.04. The molecule has 92 valence electrons. The third-order valence-electron chi connectivity index (χ3n) is 2.68. The maximum Gasteiger partial charge on any atom is 0.0729 e. The summed E-state index contributed by atoms with van der Waals surface area (Å²) in [5, 5.41) is 12.0. The third-order valence-corrected chi connectivity index (χ3v) is 2.68. The zero-order valence-electron chi connectivity index (χ0n) is 10.6. The topological polar surface area (TPSA) is 47.7 Å². The lowest BCUT2D eigenvalue weighted by atomic mass is 10.2. The molecule has 5 heteroatoms. The highest BCUT2D eigenvalue weighted by atomic mass is 15.3. The molecular formula is C12H19N5. The number of hydrogen-bond donors (Lipinski definition) is 1. The third kappa shape index (κ3) is 2.87. The minimum absolute atomic E-state index is 0.789. The SMILES string of the molecule is CCCn1cc(NCc2cn(C)nc2C)cn1. The van der Waals surface area contributed by atoms with Crippen LogP contribution in [0.25, 0.3) is 0 Å². The van der Waals surface area contributed by atoms with Crippen molar-refractivity contribution in [3.8, 4) is 0 Å². The summed E-state index contributed by atoms with van der Waals surface area (Å²) in [6.45, 7) is 5.93. The van der Waals surface area contributed by atoms with Crippen molar-refractivity contribution in [2.24, 2.45) is 7.05 Å². The molecule has 0 amide bonds. The summed E-state index contributed by atoms with van der Waals surface area (Å²) in [6, 6.07) is 0. The van der Waals surface area contributed by atoms with E-state index >= 15 is 0 Å². The van der Waals surface area contributed by atoms with Crippen LogP contribution in [-0.4, -0.2) is 19.6 Å². The van der Waals surface area contributed by atoms with E-state index in [1.54, 1.807) is 0 Å². The van der Waals surface area contributed by atoms with Crippen LogP contribution in [0.1, 0.15) is 24.6 Å². The fraction of sp³-hybridized carbons (Fsp3) is 0.500. The molecule has 0 radical (unpaired) electrons. The monoisotopic (exact) mass is 233 g/mol. The van der Waals surface area contributed by atoms with Crippen molar-refractivity contribution in [1.29, 1.82) is 0 Å². The van der Waals surface area contributed by atoms with Crippen molar-refractivity contribution in [2.75, 3.05) is 5.32 Å². The van der Waals surface area contributed by atoms with Gasteiger partial charge in [0.15, 0.2) is 0 Å². The Bertz CT molecular complexity index is 483. The van der Waals surface area contributed by atoms with Crippen molar-refractivity contribution in [2.45, 2.75) is 33.4 Å². The summed E-state index contributed by atoms with van der Waals surface area (Å²) in [5.41, 5.74) is 3.35. The molecule has 0 atom stereocenters. The molecular weight excluding hydrogens is 214 g/mol. The molecule has 0 aromatic carbocycles.